The van der Waals surface area contributed by atoms with Gasteiger partial charge in [0, 0.05) is 10.2 Å². The highest BCUT2D eigenvalue weighted by Crippen LogP contribution is 2.44. The van der Waals surface area contributed by atoms with Crippen molar-refractivity contribution in [1.29, 1.82) is 0 Å². The van der Waals surface area contributed by atoms with Gasteiger partial charge in [-0.1, -0.05) is 76.7 Å². The molecule has 1 heteroatoms. The number of hydrogen-bond acceptors (Lipinski definition) is 1. The molecule has 0 aliphatic heterocycles. The van der Waals surface area contributed by atoms with Crippen LogP contribution in [0.25, 0.3) is 0 Å². The first-order valence-corrected chi connectivity index (χ1v) is 13.0. The Bertz CT molecular complexity index is 639. The average molecular weight is 399 g/mol. The second kappa shape index (κ2) is 10.9. The molecule has 28 heavy (non-hydrogen) atoms. The highest BCUT2D eigenvalue weighted by atomic mass is 32.2. The molecule has 1 saturated carbocycles. The minimum absolute atomic E-state index is 0.684. The lowest BCUT2D eigenvalue weighted by molar-refractivity contribution is 0.394. The van der Waals surface area contributed by atoms with E-state index in [4.69, 9.17) is 0 Å². The van der Waals surface area contributed by atoms with Crippen molar-refractivity contribution in [2.45, 2.75) is 110 Å². The van der Waals surface area contributed by atoms with E-state index in [9.17, 15) is 0 Å². The normalized spacial score (nSPS) is 25.3. The summed E-state index contributed by atoms with van der Waals surface area (Å²) in [7, 11) is 0. The van der Waals surface area contributed by atoms with E-state index in [1.807, 2.05) is 0 Å². The topological polar surface area (TPSA) is 0 Å². The van der Waals surface area contributed by atoms with Crippen LogP contribution >= 0.6 is 11.8 Å². The fourth-order valence-electron chi connectivity index (χ4n) is 5.12. The second-order valence-electron chi connectivity index (χ2n) is 9.38. The van der Waals surface area contributed by atoms with E-state index in [1.165, 1.54) is 77.0 Å². The van der Waals surface area contributed by atoms with Gasteiger partial charge in [0.1, 0.15) is 0 Å². The maximum Gasteiger partial charge on any atom is 0.00698 e. The molecular formula is C27H42S. The van der Waals surface area contributed by atoms with Gasteiger partial charge in [-0.3, -0.25) is 0 Å². The van der Waals surface area contributed by atoms with Gasteiger partial charge in [0.2, 0.25) is 0 Å². The molecule has 0 amide bonds. The minimum atomic E-state index is 0.684. The van der Waals surface area contributed by atoms with Crippen LogP contribution < -0.4 is 0 Å². The van der Waals surface area contributed by atoms with Gasteiger partial charge < -0.3 is 0 Å². The van der Waals surface area contributed by atoms with Crippen molar-refractivity contribution in [3.8, 4) is 0 Å². The molecule has 0 aromatic carbocycles. The minimum Gasteiger partial charge on any atom is -0.123 e. The zero-order valence-electron chi connectivity index (χ0n) is 18.9. The van der Waals surface area contributed by atoms with Crippen molar-refractivity contribution in [1.82, 2.24) is 0 Å². The molecule has 3 aliphatic rings. The number of unbranched alkanes of at least 4 members (excludes halogenated alkanes) is 1. The smallest absolute Gasteiger partial charge is 0.00698 e. The van der Waals surface area contributed by atoms with E-state index in [0.717, 1.165) is 11.2 Å². The highest BCUT2D eigenvalue weighted by Gasteiger charge is 2.25. The van der Waals surface area contributed by atoms with Gasteiger partial charge in [-0.2, -0.15) is 0 Å². The molecule has 2 atom stereocenters. The molecule has 0 radical (unpaired) electrons. The third kappa shape index (κ3) is 5.68. The molecule has 2 unspecified atom stereocenters. The van der Waals surface area contributed by atoms with Gasteiger partial charge in [-0.05, 0) is 80.4 Å². The van der Waals surface area contributed by atoms with Gasteiger partial charge in [0.15, 0.2) is 0 Å². The van der Waals surface area contributed by atoms with Crippen LogP contribution in [0.15, 0.2) is 45.4 Å². The van der Waals surface area contributed by atoms with Crippen LogP contribution in [0.5, 0.6) is 0 Å². The molecule has 0 bridgehead atoms. The molecule has 3 aliphatic carbocycles. The van der Waals surface area contributed by atoms with Crippen molar-refractivity contribution in [2.24, 2.45) is 11.8 Å². The first kappa shape index (κ1) is 22.0. The van der Waals surface area contributed by atoms with E-state index >= 15 is 0 Å². The molecule has 0 heterocycles. The van der Waals surface area contributed by atoms with Crippen LogP contribution in [0, 0.1) is 11.8 Å². The summed E-state index contributed by atoms with van der Waals surface area (Å²) < 4.78 is 0. The Kier molecular flexibility index (Phi) is 8.57. The van der Waals surface area contributed by atoms with Crippen LogP contribution in [0.3, 0.4) is 0 Å². The zero-order valence-corrected chi connectivity index (χ0v) is 19.7. The largest absolute Gasteiger partial charge is 0.123 e. The predicted molar refractivity (Wildman–Crippen MR) is 128 cm³/mol. The Balaban J connectivity index is 1.80. The van der Waals surface area contributed by atoms with E-state index in [0.29, 0.717) is 5.92 Å². The second-order valence-corrected chi connectivity index (χ2v) is 10.9. The van der Waals surface area contributed by atoms with Crippen molar-refractivity contribution in [3.63, 3.8) is 0 Å². The van der Waals surface area contributed by atoms with Gasteiger partial charge in [0.25, 0.3) is 0 Å². The number of allylic oxidation sites excluding steroid dienone is 7. The maximum absolute atomic E-state index is 2.60. The standard InChI is InChI=1S/C27H42S/c1-5-7-11-25-18-20(3)26(19-27(25)28-21(4)6-2)24-16-14-23(15-17-24)22-12-9-8-10-13-22/h14,16,19-22H,5-13,15,17-18H2,1-4H3. The van der Waals surface area contributed by atoms with Crippen LogP contribution in [0.1, 0.15) is 105 Å². The summed E-state index contributed by atoms with van der Waals surface area (Å²) >= 11 is 2.13. The molecule has 0 saturated heterocycles. The average Bonchev–Trinajstić information content (AvgIpc) is 2.74. The Hall–Kier alpha value is -0.690. The lowest BCUT2D eigenvalue weighted by Gasteiger charge is -2.31. The lowest BCUT2D eigenvalue weighted by atomic mass is 9.76. The van der Waals surface area contributed by atoms with Crippen LogP contribution in [0.4, 0.5) is 0 Å². The number of thioether (sulfide) groups is 1. The summed E-state index contributed by atoms with van der Waals surface area (Å²) in [5.41, 5.74) is 6.76. The molecule has 0 spiro atoms. The molecule has 0 nitrogen and oxygen atoms in total. The van der Waals surface area contributed by atoms with Crippen LogP contribution in [-0.4, -0.2) is 5.25 Å². The highest BCUT2D eigenvalue weighted by molar-refractivity contribution is 8.03. The summed E-state index contributed by atoms with van der Waals surface area (Å²) in [4.78, 5) is 1.61. The van der Waals surface area contributed by atoms with Gasteiger partial charge in [0.05, 0.1) is 0 Å². The predicted octanol–water partition coefficient (Wildman–Crippen LogP) is 9.16. The Morgan fingerprint density at radius 3 is 2.50 bits per heavy atom. The maximum atomic E-state index is 2.60. The van der Waals surface area contributed by atoms with Gasteiger partial charge in [-0.15, -0.1) is 11.8 Å². The third-order valence-electron chi connectivity index (χ3n) is 7.14. The first-order chi connectivity index (χ1) is 13.6. The SMILES string of the molecule is CCCCC1=C(SC(C)CC)C=C(C2=CC=C(C3CCCCC3)CC2)C(C)C1. The van der Waals surface area contributed by atoms with Crippen molar-refractivity contribution >= 4 is 11.8 Å². The fourth-order valence-corrected chi connectivity index (χ4v) is 6.26. The quantitative estimate of drug-likeness (QED) is 0.392. The zero-order chi connectivity index (χ0) is 19.9. The summed E-state index contributed by atoms with van der Waals surface area (Å²) in [5.74, 6) is 1.57. The summed E-state index contributed by atoms with van der Waals surface area (Å²) in [5, 5.41) is 0.718. The van der Waals surface area contributed by atoms with Crippen LogP contribution in [-0.2, 0) is 0 Å². The summed E-state index contributed by atoms with van der Waals surface area (Å²) in [6.07, 6.45) is 23.9. The summed E-state index contributed by atoms with van der Waals surface area (Å²) in [6, 6.07) is 0. The third-order valence-corrected chi connectivity index (χ3v) is 8.53. The van der Waals surface area contributed by atoms with E-state index < -0.39 is 0 Å². The van der Waals surface area contributed by atoms with E-state index in [-0.39, 0.29) is 0 Å². The molecular weight excluding hydrogens is 356 g/mol. The Morgan fingerprint density at radius 2 is 1.86 bits per heavy atom. The first-order valence-electron chi connectivity index (χ1n) is 12.1. The van der Waals surface area contributed by atoms with E-state index in [1.54, 1.807) is 27.2 Å². The molecule has 0 N–H and O–H groups in total. The molecule has 0 aromatic rings. The summed E-state index contributed by atoms with van der Waals surface area (Å²) in [6.45, 7) is 9.49. The molecule has 1 fully saturated rings. The number of hydrogen-bond donors (Lipinski definition) is 0. The van der Waals surface area contributed by atoms with Crippen molar-refractivity contribution in [3.05, 3.63) is 45.4 Å². The number of rotatable bonds is 8. The Morgan fingerprint density at radius 1 is 1.07 bits per heavy atom. The molecule has 156 valence electrons. The molecule has 0 aromatic heterocycles. The monoisotopic (exact) mass is 398 g/mol. The fraction of sp³-hybridized carbons (Fsp3) is 0.704. The van der Waals surface area contributed by atoms with E-state index in [2.05, 4.69) is 57.7 Å². The van der Waals surface area contributed by atoms with Gasteiger partial charge in [-0.25, -0.2) is 0 Å². The van der Waals surface area contributed by atoms with Crippen molar-refractivity contribution < 1.29 is 0 Å². The molecule has 3 rings (SSSR count). The van der Waals surface area contributed by atoms with Gasteiger partial charge >= 0.3 is 0 Å². The lowest BCUT2D eigenvalue weighted by Crippen LogP contribution is -2.14. The Labute approximate surface area is 179 Å². The van der Waals surface area contributed by atoms with Crippen LogP contribution in [0.2, 0.25) is 0 Å². The van der Waals surface area contributed by atoms with Crippen molar-refractivity contribution in [2.75, 3.05) is 0 Å².